The summed E-state index contributed by atoms with van der Waals surface area (Å²) in [5.74, 6) is 0.648. The minimum absolute atomic E-state index is 0.0101. The molecule has 5 nitrogen and oxygen atoms in total. The Hall–Kier alpha value is -2.79. The SMILES string of the molecule is Cc1ccc(-c2nc3c(c(=O)[nH]2)CCN(Cc2ccncc2)C3)cc1. The molecule has 4 rings (SSSR count). The first-order chi connectivity index (χ1) is 12.2. The lowest BCUT2D eigenvalue weighted by atomic mass is 10.0. The van der Waals surface area contributed by atoms with Crippen molar-refractivity contribution < 1.29 is 0 Å². The molecule has 0 saturated heterocycles. The van der Waals surface area contributed by atoms with Crippen molar-refractivity contribution in [1.82, 2.24) is 19.9 Å². The van der Waals surface area contributed by atoms with Crippen LogP contribution in [-0.2, 0) is 19.5 Å². The Labute approximate surface area is 146 Å². The van der Waals surface area contributed by atoms with Crippen LogP contribution >= 0.6 is 0 Å². The summed E-state index contributed by atoms with van der Waals surface area (Å²) < 4.78 is 0. The number of hydrogen-bond donors (Lipinski definition) is 1. The van der Waals surface area contributed by atoms with Gasteiger partial charge in [-0.15, -0.1) is 0 Å². The number of benzene rings is 1. The van der Waals surface area contributed by atoms with Crippen LogP contribution in [0.25, 0.3) is 11.4 Å². The maximum Gasteiger partial charge on any atom is 0.254 e. The predicted molar refractivity (Wildman–Crippen MR) is 97.1 cm³/mol. The molecule has 0 atom stereocenters. The number of aromatic amines is 1. The van der Waals surface area contributed by atoms with Gasteiger partial charge in [0.1, 0.15) is 5.82 Å². The van der Waals surface area contributed by atoms with Crippen LogP contribution in [0, 0.1) is 6.92 Å². The number of pyridine rings is 1. The summed E-state index contributed by atoms with van der Waals surface area (Å²) >= 11 is 0. The molecule has 3 heterocycles. The fourth-order valence-electron chi connectivity index (χ4n) is 3.22. The average Bonchev–Trinajstić information content (AvgIpc) is 2.63. The van der Waals surface area contributed by atoms with Crippen LogP contribution in [0.3, 0.4) is 0 Å². The predicted octanol–water partition coefficient (Wildman–Crippen LogP) is 2.70. The molecule has 3 aromatic rings. The van der Waals surface area contributed by atoms with Crippen LogP contribution in [0.2, 0.25) is 0 Å². The smallest absolute Gasteiger partial charge is 0.254 e. The van der Waals surface area contributed by atoms with E-state index in [0.29, 0.717) is 12.4 Å². The summed E-state index contributed by atoms with van der Waals surface area (Å²) in [4.78, 5) is 26.5. The summed E-state index contributed by atoms with van der Waals surface area (Å²) in [6, 6.07) is 12.1. The molecule has 1 aliphatic heterocycles. The quantitative estimate of drug-likeness (QED) is 0.801. The van der Waals surface area contributed by atoms with Gasteiger partial charge in [-0.25, -0.2) is 4.98 Å². The molecular weight excluding hydrogens is 312 g/mol. The fourth-order valence-corrected chi connectivity index (χ4v) is 3.22. The van der Waals surface area contributed by atoms with Gasteiger partial charge in [-0.1, -0.05) is 29.8 Å². The first-order valence-corrected chi connectivity index (χ1v) is 8.49. The van der Waals surface area contributed by atoms with Gasteiger partial charge in [0.2, 0.25) is 0 Å². The minimum Gasteiger partial charge on any atom is -0.306 e. The Kier molecular flexibility index (Phi) is 4.15. The zero-order valence-electron chi connectivity index (χ0n) is 14.2. The van der Waals surface area contributed by atoms with Gasteiger partial charge in [0.25, 0.3) is 5.56 Å². The second-order valence-electron chi connectivity index (χ2n) is 6.52. The van der Waals surface area contributed by atoms with Crippen LogP contribution in [0.5, 0.6) is 0 Å². The summed E-state index contributed by atoms with van der Waals surface area (Å²) in [5.41, 5.74) is 5.05. The maximum absolute atomic E-state index is 12.5. The van der Waals surface area contributed by atoms with Crippen LogP contribution in [0.1, 0.15) is 22.4 Å². The summed E-state index contributed by atoms with van der Waals surface area (Å²) in [6.45, 7) is 4.45. The molecule has 0 fully saturated rings. The lowest BCUT2D eigenvalue weighted by Gasteiger charge is -2.27. The molecule has 5 heteroatoms. The molecule has 1 aliphatic rings. The second kappa shape index (κ2) is 6.61. The van der Waals surface area contributed by atoms with Crippen molar-refractivity contribution in [2.24, 2.45) is 0 Å². The monoisotopic (exact) mass is 332 g/mol. The second-order valence-corrected chi connectivity index (χ2v) is 6.52. The average molecular weight is 332 g/mol. The van der Waals surface area contributed by atoms with E-state index >= 15 is 0 Å². The van der Waals surface area contributed by atoms with Gasteiger partial charge in [-0.2, -0.15) is 0 Å². The van der Waals surface area contributed by atoms with Gasteiger partial charge in [0.15, 0.2) is 0 Å². The lowest BCUT2D eigenvalue weighted by Crippen LogP contribution is -2.35. The first-order valence-electron chi connectivity index (χ1n) is 8.49. The number of nitrogens with one attached hydrogen (secondary N) is 1. The number of fused-ring (bicyclic) bond motifs is 1. The number of nitrogens with zero attached hydrogens (tertiary/aromatic N) is 3. The van der Waals surface area contributed by atoms with Crippen molar-refractivity contribution in [3.63, 3.8) is 0 Å². The van der Waals surface area contributed by atoms with Crippen LogP contribution < -0.4 is 5.56 Å². The molecule has 0 amide bonds. The Morgan fingerprint density at radius 2 is 1.88 bits per heavy atom. The van der Waals surface area contributed by atoms with E-state index in [-0.39, 0.29) is 5.56 Å². The number of hydrogen-bond acceptors (Lipinski definition) is 4. The molecule has 126 valence electrons. The van der Waals surface area contributed by atoms with E-state index in [9.17, 15) is 4.79 Å². The molecule has 0 unspecified atom stereocenters. The topological polar surface area (TPSA) is 61.9 Å². The molecule has 1 N–H and O–H groups in total. The summed E-state index contributed by atoms with van der Waals surface area (Å²) in [5, 5.41) is 0. The Balaban J connectivity index is 1.62. The number of aryl methyl sites for hydroxylation is 1. The number of aromatic nitrogens is 3. The highest BCUT2D eigenvalue weighted by Gasteiger charge is 2.21. The Morgan fingerprint density at radius 3 is 2.64 bits per heavy atom. The van der Waals surface area contributed by atoms with Crippen molar-refractivity contribution in [2.75, 3.05) is 6.54 Å². The highest BCUT2D eigenvalue weighted by molar-refractivity contribution is 5.55. The number of rotatable bonds is 3. The zero-order chi connectivity index (χ0) is 17.2. The van der Waals surface area contributed by atoms with E-state index in [4.69, 9.17) is 4.98 Å². The van der Waals surface area contributed by atoms with Crippen LogP contribution in [-0.4, -0.2) is 26.4 Å². The van der Waals surface area contributed by atoms with E-state index in [1.54, 1.807) is 0 Å². The third-order valence-corrected chi connectivity index (χ3v) is 4.63. The molecule has 0 spiro atoms. The van der Waals surface area contributed by atoms with E-state index in [2.05, 4.69) is 14.9 Å². The molecule has 25 heavy (non-hydrogen) atoms. The molecule has 0 saturated carbocycles. The highest BCUT2D eigenvalue weighted by atomic mass is 16.1. The molecule has 0 bridgehead atoms. The lowest BCUT2D eigenvalue weighted by molar-refractivity contribution is 0.240. The Bertz CT molecular complexity index is 932. The van der Waals surface area contributed by atoms with E-state index in [1.165, 1.54) is 11.1 Å². The third kappa shape index (κ3) is 3.37. The van der Waals surface area contributed by atoms with E-state index in [0.717, 1.165) is 36.3 Å². The van der Waals surface area contributed by atoms with Crippen LogP contribution in [0.4, 0.5) is 0 Å². The molecular formula is C20H20N4O. The van der Waals surface area contributed by atoms with Crippen molar-refractivity contribution in [1.29, 1.82) is 0 Å². The highest BCUT2D eigenvalue weighted by Crippen LogP contribution is 2.20. The van der Waals surface area contributed by atoms with Crippen LogP contribution in [0.15, 0.2) is 53.6 Å². The molecule has 0 aliphatic carbocycles. The molecule has 0 radical (unpaired) electrons. The summed E-state index contributed by atoms with van der Waals surface area (Å²) in [6.07, 6.45) is 4.36. The number of H-pyrrole nitrogens is 1. The van der Waals surface area contributed by atoms with Gasteiger partial charge in [0, 0.05) is 43.2 Å². The van der Waals surface area contributed by atoms with Gasteiger partial charge in [-0.05, 0) is 31.0 Å². The Morgan fingerprint density at radius 1 is 1.12 bits per heavy atom. The van der Waals surface area contributed by atoms with Crippen molar-refractivity contribution in [3.8, 4) is 11.4 Å². The zero-order valence-corrected chi connectivity index (χ0v) is 14.2. The van der Waals surface area contributed by atoms with Gasteiger partial charge in [0.05, 0.1) is 5.69 Å². The van der Waals surface area contributed by atoms with Crippen molar-refractivity contribution >= 4 is 0 Å². The fraction of sp³-hybridized carbons (Fsp3) is 0.250. The van der Waals surface area contributed by atoms with E-state index < -0.39 is 0 Å². The maximum atomic E-state index is 12.5. The standard InChI is InChI=1S/C20H20N4O/c1-14-2-4-16(5-3-14)19-22-18-13-24(11-8-17(18)20(25)23-19)12-15-6-9-21-10-7-15/h2-7,9-10H,8,11-13H2,1H3,(H,22,23,25). The normalized spacial score (nSPS) is 14.3. The minimum atomic E-state index is -0.0101. The van der Waals surface area contributed by atoms with Gasteiger partial charge >= 0.3 is 0 Å². The van der Waals surface area contributed by atoms with Crippen molar-refractivity contribution in [2.45, 2.75) is 26.4 Å². The third-order valence-electron chi connectivity index (χ3n) is 4.63. The first kappa shape index (κ1) is 15.7. The van der Waals surface area contributed by atoms with Crippen molar-refractivity contribution in [3.05, 3.63) is 81.5 Å². The molecule has 1 aromatic carbocycles. The largest absolute Gasteiger partial charge is 0.306 e. The van der Waals surface area contributed by atoms with Gasteiger partial charge in [-0.3, -0.25) is 14.7 Å². The summed E-state index contributed by atoms with van der Waals surface area (Å²) in [7, 11) is 0. The van der Waals surface area contributed by atoms with Gasteiger partial charge < -0.3 is 4.98 Å². The molecule has 2 aromatic heterocycles. The van der Waals surface area contributed by atoms with E-state index in [1.807, 2.05) is 55.7 Å².